The quantitative estimate of drug-likeness (QED) is 0.705. The maximum absolute atomic E-state index is 9.49. The van der Waals surface area contributed by atoms with Crippen LogP contribution in [0.2, 0.25) is 0 Å². The van der Waals surface area contributed by atoms with Crippen molar-refractivity contribution in [2.75, 3.05) is 19.8 Å². The lowest BCUT2D eigenvalue weighted by Crippen LogP contribution is -2.32. The first-order valence-electron chi connectivity index (χ1n) is 7.41. The van der Waals surface area contributed by atoms with Crippen molar-refractivity contribution >= 4 is 0 Å². The second kappa shape index (κ2) is 7.33. The molecular formula is C16H25NO4. The predicted octanol–water partition coefficient (Wildman–Crippen LogP) is 1.21. The van der Waals surface area contributed by atoms with Crippen molar-refractivity contribution in [1.29, 1.82) is 0 Å². The molecule has 0 saturated carbocycles. The van der Waals surface area contributed by atoms with Crippen molar-refractivity contribution in [3.8, 4) is 0 Å². The summed E-state index contributed by atoms with van der Waals surface area (Å²) in [6.45, 7) is 4.38. The summed E-state index contributed by atoms with van der Waals surface area (Å²) in [5, 5.41) is 22.1. The molecular weight excluding hydrogens is 270 g/mol. The second-order valence-corrected chi connectivity index (χ2v) is 5.78. The van der Waals surface area contributed by atoms with E-state index in [1.165, 1.54) is 0 Å². The molecule has 118 valence electrons. The van der Waals surface area contributed by atoms with Crippen LogP contribution in [0.1, 0.15) is 31.9 Å². The first-order chi connectivity index (χ1) is 10.1. The third-order valence-corrected chi connectivity index (χ3v) is 3.67. The molecule has 21 heavy (non-hydrogen) atoms. The molecule has 0 amide bonds. The van der Waals surface area contributed by atoms with Gasteiger partial charge < -0.3 is 25.0 Å². The molecule has 1 aliphatic rings. The fraction of sp³-hybridized carbons (Fsp3) is 0.625. The number of ether oxygens (including phenoxy) is 2. The number of aliphatic hydroxyl groups is 2. The monoisotopic (exact) mass is 295 g/mol. The van der Waals surface area contributed by atoms with Gasteiger partial charge in [0.15, 0.2) is 5.79 Å². The SMILES string of the molecule is CC1(C)O[C@@H](CO)[C@@H](CCN[C@@H](CO)c2ccccc2)O1. The van der Waals surface area contributed by atoms with Crippen molar-refractivity contribution in [2.24, 2.45) is 0 Å². The Balaban J connectivity index is 1.83. The minimum absolute atomic E-state index is 0.0426. The molecule has 0 aliphatic carbocycles. The van der Waals surface area contributed by atoms with Gasteiger partial charge in [0.2, 0.25) is 0 Å². The minimum atomic E-state index is -0.645. The lowest BCUT2D eigenvalue weighted by Gasteiger charge is -2.20. The van der Waals surface area contributed by atoms with Crippen LogP contribution in [0.3, 0.4) is 0 Å². The van der Waals surface area contributed by atoms with Gasteiger partial charge in [-0.3, -0.25) is 0 Å². The van der Waals surface area contributed by atoms with Crippen LogP contribution in [-0.4, -0.2) is 48.0 Å². The van der Waals surface area contributed by atoms with E-state index in [9.17, 15) is 10.2 Å². The van der Waals surface area contributed by atoms with E-state index in [4.69, 9.17) is 9.47 Å². The van der Waals surface area contributed by atoms with Crippen LogP contribution >= 0.6 is 0 Å². The molecule has 3 atom stereocenters. The van der Waals surface area contributed by atoms with E-state index < -0.39 is 5.79 Å². The molecule has 1 heterocycles. The molecule has 3 N–H and O–H groups in total. The van der Waals surface area contributed by atoms with Crippen molar-refractivity contribution in [3.05, 3.63) is 35.9 Å². The van der Waals surface area contributed by atoms with Gasteiger partial charge in [0.1, 0.15) is 6.10 Å². The highest BCUT2D eigenvalue weighted by Gasteiger charge is 2.40. The molecule has 1 aliphatic heterocycles. The topological polar surface area (TPSA) is 71.0 Å². The Bertz CT molecular complexity index is 424. The molecule has 0 bridgehead atoms. The highest BCUT2D eigenvalue weighted by molar-refractivity contribution is 5.18. The number of nitrogens with one attached hydrogen (secondary N) is 1. The highest BCUT2D eigenvalue weighted by atomic mass is 16.8. The van der Waals surface area contributed by atoms with E-state index in [0.29, 0.717) is 6.54 Å². The van der Waals surface area contributed by atoms with Gasteiger partial charge in [-0.25, -0.2) is 0 Å². The third-order valence-electron chi connectivity index (χ3n) is 3.67. The van der Waals surface area contributed by atoms with Crippen LogP contribution < -0.4 is 5.32 Å². The molecule has 1 fully saturated rings. The van der Waals surface area contributed by atoms with Gasteiger partial charge in [-0.2, -0.15) is 0 Å². The van der Waals surface area contributed by atoms with Crippen molar-refractivity contribution in [3.63, 3.8) is 0 Å². The van der Waals surface area contributed by atoms with E-state index in [2.05, 4.69) is 5.32 Å². The summed E-state index contributed by atoms with van der Waals surface area (Å²) >= 11 is 0. The normalized spacial score (nSPS) is 25.9. The maximum Gasteiger partial charge on any atom is 0.163 e. The fourth-order valence-corrected chi connectivity index (χ4v) is 2.68. The summed E-state index contributed by atoms with van der Waals surface area (Å²) < 4.78 is 11.4. The average Bonchev–Trinajstić information content (AvgIpc) is 2.79. The number of aliphatic hydroxyl groups excluding tert-OH is 2. The van der Waals surface area contributed by atoms with Gasteiger partial charge in [-0.05, 0) is 32.4 Å². The standard InChI is InChI=1S/C16H25NO4/c1-16(2)20-14(15(11-19)21-16)8-9-17-13(10-18)12-6-4-3-5-7-12/h3-7,13-15,17-19H,8-11H2,1-2H3/t13-,14+,15-/m0/s1. The molecule has 2 rings (SSSR count). The smallest absolute Gasteiger partial charge is 0.163 e. The van der Waals surface area contributed by atoms with E-state index in [1.54, 1.807) is 0 Å². The number of benzene rings is 1. The summed E-state index contributed by atoms with van der Waals surface area (Å²) in [6.07, 6.45) is 0.302. The van der Waals surface area contributed by atoms with Crippen molar-refractivity contribution < 1.29 is 19.7 Å². The summed E-state index contributed by atoms with van der Waals surface area (Å²) in [5.74, 6) is -0.645. The lowest BCUT2D eigenvalue weighted by atomic mass is 10.1. The van der Waals surface area contributed by atoms with Crippen LogP contribution in [0.15, 0.2) is 30.3 Å². The molecule has 1 aromatic carbocycles. The molecule has 0 radical (unpaired) electrons. The van der Waals surface area contributed by atoms with Crippen LogP contribution in [0, 0.1) is 0 Å². The number of rotatable bonds is 7. The largest absolute Gasteiger partial charge is 0.394 e. The van der Waals surface area contributed by atoms with E-state index in [1.807, 2.05) is 44.2 Å². The van der Waals surface area contributed by atoms with Crippen molar-refractivity contribution in [2.45, 2.75) is 44.3 Å². The summed E-state index contributed by atoms with van der Waals surface area (Å²) in [5.41, 5.74) is 1.06. The highest BCUT2D eigenvalue weighted by Crippen LogP contribution is 2.29. The van der Waals surface area contributed by atoms with E-state index >= 15 is 0 Å². The molecule has 1 aromatic rings. The zero-order valence-corrected chi connectivity index (χ0v) is 12.7. The predicted molar refractivity (Wildman–Crippen MR) is 79.8 cm³/mol. The van der Waals surface area contributed by atoms with Gasteiger partial charge in [-0.15, -0.1) is 0 Å². The van der Waals surface area contributed by atoms with Gasteiger partial charge in [-0.1, -0.05) is 30.3 Å². The van der Waals surface area contributed by atoms with E-state index in [-0.39, 0.29) is 31.5 Å². The van der Waals surface area contributed by atoms with Gasteiger partial charge in [0.25, 0.3) is 0 Å². The summed E-state index contributed by atoms with van der Waals surface area (Å²) in [6, 6.07) is 9.76. The lowest BCUT2D eigenvalue weighted by molar-refractivity contribution is -0.149. The van der Waals surface area contributed by atoms with Gasteiger partial charge >= 0.3 is 0 Å². The summed E-state index contributed by atoms with van der Waals surface area (Å²) in [4.78, 5) is 0. The Morgan fingerprint density at radius 2 is 1.81 bits per heavy atom. The zero-order chi connectivity index (χ0) is 15.3. The number of hydrogen-bond donors (Lipinski definition) is 3. The Morgan fingerprint density at radius 1 is 1.14 bits per heavy atom. The Morgan fingerprint density at radius 3 is 2.43 bits per heavy atom. The van der Waals surface area contributed by atoms with E-state index in [0.717, 1.165) is 12.0 Å². The maximum atomic E-state index is 9.49. The van der Waals surface area contributed by atoms with Crippen LogP contribution in [0.4, 0.5) is 0 Å². The Hall–Kier alpha value is -0.980. The number of hydrogen-bond acceptors (Lipinski definition) is 5. The molecule has 5 nitrogen and oxygen atoms in total. The molecule has 0 aromatic heterocycles. The molecule has 1 saturated heterocycles. The summed E-state index contributed by atoms with van der Waals surface area (Å²) in [7, 11) is 0. The Labute approximate surface area is 125 Å². The fourth-order valence-electron chi connectivity index (χ4n) is 2.68. The van der Waals surface area contributed by atoms with Crippen LogP contribution in [0.5, 0.6) is 0 Å². The third kappa shape index (κ3) is 4.49. The van der Waals surface area contributed by atoms with Crippen LogP contribution in [-0.2, 0) is 9.47 Å². The Kier molecular flexibility index (Phi) is 5.72. The second-order valence-electron chi connectivity index (χ2n) is 5.78. The average molecular weight is 295 g/mol. The van der Waals surface area contributed by atoms with Crippen molar-refractivity contribution in [1.82, 2.24) is 5.32 Å². The van der Waals surface area contributed by atoms with Crippen LogP contribution in [0.25, 0.3) is 0 Å². The van der Waals surface area contributed by atoms with Gasteiger partial charge in [0.05, 0.1) is 25.4 Å². The molecule has 5 heteroatoms. The first kappa shape index (κ1) is 16.4. The molecule has 0 unspecified atom stereocenters. The minimum Gasteiger partial charge on any atom is -0.394 e. The molecule has 0 spiro atoms. The zero-order valence-electron chi connectivity index (χ0n) is 12.7. The van der Waals surface area contributed by atoms with Gasteiger partial charge in [0, 0.05) is 0 Å². The first-order valence-corrected chi connectivity index (χ1v) is 7.41.